The number of aromatic nitrogens is 2. The van der Waals surface area contributed by atoms with E-state index in [4.69, 9.17) is 4.74 Å². The molecule has 1 aromatic heterocycles. The van der Waals surface area contributed by atoms with Crippen LogP contribution in [0, 0.1) is 0 Å². The number of rotatable bonds is 6. The van der Waals surface area contributed by atoms with Gasteiger partial charge in [-0.05, 0) is 31.9 Å². The van der Waals surface area contributed by atoms with Crippen molar-refractivity contribution in [1.82, 2.24) is 14.5 Å². The minimum Gasteiger partial charge on any atom is -0.376 e. The summed E-state index contributed by atoms with van der Waals surface area (Å²) in [5.74, 6) is -0.0137. The highest BCUT2D eigenvalue weighted by Crippen LogP contribution is 2.14. The molecule has 25 heavy (non-hydrogen) atoms. The third kappa shape index (κ3) is 3.82. The molecule has 1 saturated heterocycles. The van der Waals surface area contributed by atoms with Gasteiger partial charge in [0, 0.05) is 32.7 Å². The van der Waals surface area contributed by atoms with Gasteiger partial charge in [0.15, 0.2) is 0 Å². The van der Waals surface area contributed by atoms with Crippen LogP contribution >= 0.6 is 0 Å². The van der Waals surface area contributed by atoms with Gasteiger partial charge in [-0.25, -0.2) is 4.79 Å². The summed E-state index contributed by atoms with van der Waals surface area (Å²) in [6.45, 7) is 4.14. The van der Waals surface area contributed by atoms with Crippen LogP contribution in [-0.2, 0) is 16.1 Å². The molecule has 134 valence electrons. The monoisotopic (exact) mass is 345 g/mol. The number of benzene rings is 1. The number of aromatic amines is 1. The highest BCUT2D eigenvalue weighted by atomic mass is 16.5. The number of fused-ring (bicyclic) bond motifs is 1. The molecule has 0 aliphatic carbocycles. The predicted octanol–water partition coefficient (Wildman–Crippen LogP) is 1.11. The fourth-order valence-corrected chi connectivity index (χ4v) is 3.27. The van der Waals surface area contributed by atoms with Gasteiger partial charge in [-0.15, -0.1) is 0 Å². The zero-order valence-corrected chi connectivity index (χ0v) is 14.4. The van der Waals surface area contributed by atoms with Crippen molar-refractivity contribution in [3.05, 3.63) is 45.1 Å². The van der Waals surface area contributed by atoms with Crippen molar-refractivity contribution in [2.45, 2.75) is 38.8 Å². The molecule has 0 bridgehead atoms. The SMILES string of the molecule is CCN(C[C@H]1CCCO1)C(=O)CCn1c(=O)[nH]c(=O)c2ccccc21. The number of carbonyl (C=O) groups excluding carboxylic acids is 1. The quantitative estimate of drug-likeness (QED) is 0.850. The molecule has 0 unspecified atom stereocenters. The molecule has 1 aliphatic rings. The number of hydrogen-bond acceptors (Lipinski definition) is 4. The maximum absolute atomic E-state index is 12.5. The smallest absolute Gasteiger partial charge is 0.328 e. The zero-order valence-electron chi connectivity index (χ0n) is 14.4. The summed E-state index contributed by atoms with van der Waals surface area (Å²) in [7, 11) is 0. The third-order valence-corrected chi connectivity index (χ3v) is 4.64. The summed E-state index contributed by atoms with van der Waals surface area (Å²) in [5.41, 5.74) is -0.346. The Labute approximate surface area is 145 Å². The standard InChI is InChI=1S/C18H23N3O4/c1-2-20(12-13-6-5-11-25-13)16(22)9-10-21-15-8-4-3-7-14(15)17(23)19-18(21)24/h3-4,7-8,13H,2,5-6,9-12H2,1H3,(H,19,23,24)/t13-/m1/s1. The van der Waals surface area contributed by atoms with E-state index < -0.39 is 11.2 Å². The van der Waals surface area contributed by atoms with Crippen LogP contribution in [0.1, 0.15) is 26.2 Å². The summed E-state index contributed by atoms with van der Waals surface area (Å²) in [6, 6.07) is 6.91. The lowest BCUT2D eigenvalue weighted by Gasteiger charge is -2.24. The van der Waals surface area contributed by atoms with Crippen LogP contribution in [0.5, 0.6) is 0 Å². The number of carbonyl (C=O) groups is 1. The third-order valence-electron chi connectivity index (χ3n) is 4.64. The van der Waals surface area contributed by atoms with Gasteiger partial charge in [-0.2, -0.15) is 0 Å². The van der Waals surface area contributed by atoms with E-state index in [0.717, 1.165) is 19.4 Å². The molecule has 1 atom stereocenters. The fraction of sp³-hybridized carbons (Fsp3) is 0.500. The zero-order chi connectivity index (χ0) is 17.8. The molecule has 0 radical (unpaired) electrons. The number of nitrogens with zero attached hydrogens (tertiary/aromatic N) is 2. The number of para-hydroxylation sites is 1. The van der Waals surface area contributed by atoms with E-state index in [1.54, 1.807) is 29.2 Å². The predicted molar refractivity (Wildman–Crippen MR) is 94.7 cm³/mol. The van der Waals surface area contributed by atoms with Crippen LogP contribution in [0.15, 0.2) is 33.9 Å². The molecular formula is C18H23N3O4. The topological polar surface area (TPSA) is 84.4 Å². The van der Waals surface area contributed by atoms with Crippen molar-refractivity contribution in [1.29, 1.82) is 0 Å². The Balaban J connectivity index is 1.74. The summed E-state index contributed by atoms with van der Waals surface area (Å²) in [4.78, 5) is 40.6. The number of likely N-dealkylation sites (N-methyl/N-ethyl adjacent to an activating group) is 1. The summed E-state index contributed by atoms with van der Waals surface area (Å²) < 4.78 is 7.05. The van der Waals surface area contributed by atoms with Crippen molar-refractivity contribution >= 4 is 16.8 Å². The number of ether oxygens (including phenoxy) is 1. The van der Waals surface area contributed by atoms with Gasteiger partial charge < -0.3 is 9.64 Å². The molecule has 1 aliphatic heterocycles. The Kier molecular flexibility index (Phi) is 5.33. The Morgan fingerprint density at radius 1 is 1.36 bits per heavy atom. The summed E-state index contributed by atoms with van der Waals surface area (Å²) >= 11 is 0. The number of amides is 1. The van der Waals surface area contributed by atoms with Crippen LogP contribution in [0.2, 0.25) is 0 Å². The second-order valence-electron chi connectivity index (χ2n) is 6.25. The van der Waals surface area contributed by atoms with E-state index in [0.29, 0.717) is 24.0 Å². The van der Waals surface area contributed by atoms with Crippen molar-refractivity contribution in [3.8, 4) is 0 Å². The lowest BCUT2D eigenvalue weighted by Crippen LogP contribution is -2.38. The fourth-order valence-electron chi connectivity index (χ4n) is 3.27. The normalized spacial score (nSPS) is 17.1. The van der Waals surface area contributed by atoms with E-state index in [1.165, 1.54) is 4.57 Å². The summed E-state index contributed by atoms with van der Waals surface area (Å²) in [5, 5.41) is 0.446. The molecular weight excluding hydrogens is 322 g/mol. The summed E-state index contributed by atoms with van der Waals surface area (Å²) in [6.07, 6.45) is 2.33. The van der Waals surface area contributed by atoms with Crippen molar-refractivity contribution in [3.63, 3.8) is 0 Å². The first-order valence-electron chi connectivity index (χ1n) is 8.71. The molecule has 0 spiro atoms. The second-order valence-corrected chi connectivity index (χ2v) is 6.25. The van der Waals surface area contributed by atoms with Gasteiger partial charge in [0.1, 0.15) is 0 Å². The largest absolute Gasteiger partial charge is 0.376 e. The van der Waals surface area contributed by atoms with E-state index in [9.17, 15) is 14.4 Å². The molecule has 1 amide bonds. The molecule has 2 aromatic rings. The molecule has 2 heterocycles. The van der Waals surface area contributed by atoms with Gasteiger partial charge >= 0.3 is 5.69 Å². The van der Waals surface area contributed by atoms with Crippen LogP contribution < -0.4 is 11.2 Å². The van der Waals surface area contributed by atoms with Crippen LogP contribution in [-0.4, -0.2) is 46.2 Å². The molecule has 3 rings (SSSR count). The van der Waals surface area contributed by atoms with Crippen molar-refractivity contribution in [2.24, 2.45) is 0 Å². The minimum absolute atomic E-state index is 0.0137. The number of hydrogen-bond donors (Lipinski definition) is 1. The van der Waals surface area contributed by atoms with Crippen molar-refractivity contribution < 1.29 is 9.53 Å². The molecule has 7 heteroatoms. The minimum atomic E-state index is -0.487. The van der Waals surface area contributed by atoms with Crippen molar-refractivity contribution in [2.75, 3.05) is 19.7 Å². The Hall–Kier alpha value is -2.41. The van der Waals surface area contributed by atoms with Crippen LogP contribution in [0.25, 0.3) is 10.9 Å². The number of nitrogens with one attached hydrogen (secondary N) is 1. The molecule has 0 saturated carbocycles. The molecule has 1 aromatic carbocycles. The van der Waals surface area contributed by atoms with E-state index >= 15 is 0 Å². The van der Waals surface area contributed by atoms with Gasteiger partial charge in [0.05, 0.1) is 17.0 Å². The van der Waals surface area contributed by atoms with E-state index in [-0.39, 0.29) is 25.0 Å². The lowest BCUT2D eigenvalue weighted by atomic mass is 10.2. The lowest BCUT2D eigenvalue weighted by molar-refractivity contribution is -0.132. The highest BCUT2D eigenvalue weighted by Gasteiger charge is 2.21. The molecule has 1 N–H and O–H groups in total. The average Bonchev–Trinajstić information content (AvgIpc) is 3.12. The van der Waals surface area contributed by atoms with E-state index in [2.05, 4.69) is 4.98 Å². The number of H-pyrrole nitrogens is 1. The Morgan fingerprint density at radius 2 is 2.16 bits per heavy atom. The maximum atomic E-state index is 12.5. The first-order valence-corrected chi connectivity index (χ1v) is 8.71. The van der Waals surface area contributed by atoms with Gasteiger partial charge in [0.2, 0.25) is 5.91 Å². The van der Waals surface area contributed by atoms with Gasteiger partial charge in [-0.1, -0.05) is 12.1 Å². The second kappa shape index (κ2) is 7.65. The first-order chi connectivity index (χ1) is 12.1. The number of aryl methyl sites for hydroxylation is 1. The molecule has 1 fully saturated rings. The van der Waals surface area contributed by atoms with Crippen LogP contribution in [0.4, 0.5) is 0 Å². The average molecular weight is 345 g/mol. The molecule has 7 nitrogen and oxygen atoms in total. The Bertz CT molecular complexity index is 864. The van der Waals surface area contributed by atoms with Gasteiger partial charge in [0.25, 0.3) is 5.56 Å². The van der Waals surface area contributed by atoms with E-state index in [1.807, 2.05) is 6.92 Å². The first kappa shape index (κ1) is 17.4. The highest BCUT2D eigenvalue weighted by molar-refractivity contribution is 5.79. The maximum Gasteiger partial charge on any atom is 0.328 e. The van der Waals surface area contributed by atoms with Gasteiger partial charge in [-0.3, -0.25) is 19.1 Å². The van der Waals surface area contributed by atoms with Crippen LogP contribution in [0.3, 0.4) is 0 Å². The Morgan fingerprint density at radius 3 is 2.88 bits per heavy atom.